The second kappa shape index (κ2) is 5.73. The van der Waals surface area contributed by atoms with E-state index in [0.29, 0.717) is 23.4 Å². The van der Waals surface area contributed by atoms with E-state index >= 15 is 0 Å². The Kier molecular flexibility index (Phi) is 3.42. The van der Waals surface area contributed by atoms with Crippen LogP contribution in [0.15, 0.2) is 48.8 Å². The van der Waals surface area contributed by atoms with Crippen molar-refractivity contribution in [1.82, 2.24) is 20.2 Å². The van der Waals surface area contributed by atoms with E-state index in [1.807, 2.05) is 6.07 Å². The summed E-state index contributed by atoms with van der Waals surface area (Å²) in [6.07, 6.45) is 1.04. The standard InChI is InChI=1S/C16H12FN5O2/c17-13-6-1-3-10-7-14(24-15(10)13)16(23)19-11-4-2-5-12(8-11)22-9-18-20-21-22/h1-6,8-9,14H,7H2,(H,19,23). The van der Waals surface area contributed by atoms with E-state index in [9.17, 15) is 9.18 Å². The van der Waals surface area contributed by atoms with Gasteiger partial charge in [0.1, 0.15) is 6.33 Å². The quantitative estimate of drug-likeness (QED) is 0.793. The average Bonchev–Trinajstić information content (AvgIpc) is 3.25. The summed E-state index contributed by atoms with van der Waals surface area (Å²) in [6, 6.07) is 11.7. The topological polar surface area (TPSA) is 81.9 Å². The molecule has 1 aromatic heterocycles. The van der Waals surface area contributed by atoms with Crippen LogP contribution in [0.3, 0.4) is 0 Å². The molecular formula is C16H12FN5O2. The fraction of sp³-hybridized carbons (Fsp3) is 0.125. The molecule has 0 bridgehead atoms. The van der Waals surface area contributed by atoms with E-state index < -0.39 is 11.9 Å². The third kappa shape index (κ3) is 2.58. The minimum absolute atomic E-state index is 0.153. The molecule has 0 saturated heterocycles. The monoisotopic (exact) mass is 325 g/mol. The fourth-order valence-corrected chi connectivity index (χ4v) is 2.60. The number of carbonyl (C=O) groups is 1. The molecular weight excluding hydrogens is 313 g/mol. The third-order valence-corrected chi connectivity index (χ3v) is 3.73. The Hall–Kier alpha value is -3.29. The smallest absolute Gasteiger partial charge is 0.265 e. The van der Waals surface area contributed by atoms with Crippen molar-refractivity contribution < 1.29 is 13.9 Å². The summed E-state index contributed by atoms with van der Waals surface area (Å²) in [7, 11) is 0. The van der Waals surface area contributed by atoms with Gasteiger partial charge in [0, 0.05) is 17.7 Å². The summed E-state index contributed by atoms with van der Waals surface area (Å²) in [4.78, 5) is 12.4. The summed E-state index contributed by atoms with van der Waals surface area (Å²) in [5.41, 5.74) is 1.98. The van der Waals surface area contributed by atoms with Crippen LogP contribution in [-0.2, 0) is 11.2 Å². The number of nitrogens with zero attached hydrogens (tertiary/aromatic N) is 4. The number of amides is 1. The van der Waals surface area contributed by atoms with Gasteiger partial charge in [0.25, 0.3) is 5.91 Å². The highest BCUT2D eigenvalue weighted by molar-refractivity contribution is 5.95. The minimum atomic E-state index is -0.756. The lowest BCUT2D eigenvalue weighted by Crippen LogP contribution is -2.31. The Morgan fingerprint density at radius 2 is 2.17 bits per heavy atom. The van der Waals surface area contributed by atoms with Crippen LogP contribution in [0.4, 0.5) is 10.1 Å². The summed E-state index contributed by atoms with van der Waals surface area (Å²) in [6.45, 7) is 0. The molecule has 1 amide bonds. The van der Waals surface area contributed by atoms with Gasteiger partial charge < -0.3 is 10.1 Å². The second-order valence-electron chi connectivity index (χ2n) is 5.33. The summed E-state index contributed by atoms with van der Waals surface area (Å²) < 4.78 is 20.6. The van der Waals surface area contributed by atoms with Gasteiger partial charge in [0.15, 0.2) is 17.7 Å². The molecule has 1 atom stereocenters. The predicted octanol–water partition coefficient (Wildman–Crippen LogP) is 1.74. The summed E-state index contributed by atoms with van der Waals surface area (Å²) in [5, 5.41) is 13.7. The van der Waals surface area contributed by atoms with Gasteiger partial charge in [0.05, 0.1) is 5.69 Å². The first kappa shape index (κ1) is 14.3. The molecule has 2 heterocycles. The van der Waals surface area contributed by atoms with Crippen LogP contribution in [-0.4, -0.2) is 32.2 Å². The number of carbonyl (C=O) groups excluding carboxylic acids is 1. The first-order chi connectivity index (χ1) is 11.7. The van der Waals surface area contributed by atoms with Crippen LogP contribution >= 0.6 is 0 Å². The summed E-state index contributed by atoms with van der Waals surface area (Å²) >= 11 is 0. The number of benzene rings is 2. The van der Waals surface area contributed by atoms with Gasteiger partial charge in [-0.1, -0.05) is 18.2 Å². The van der Waals surface area contributed by atoms with E-state index in [2.05, 4.69) is 20.8 Å². The SMILES string of the molecule is O=C(Nc1cccc(-n2cnnn2)c1)C1Cc2cccc(F)c2O1. The van der Waals surface area contributed by atoms with E-state index in [0.717, 1.165) is 0 Å². The van der Waals surface area contributed by atoms with Crippen molar-refractivity contribution in [3.8, 4) is 11.4 Å². The van der Waals surface area contributed by atoms with Gasteiger partial charge in [0.2, 0.25) is 0 Å². The van der Waals surface area contributed by atoms with Gasteiger partial charge in [-0.2, -0.15) is 0 Å². The molecule has 24 heavy (non-hydrogen) atoms. The van der Waals surface area contributed by atoms with Crippen LogP contribution in [0.25, 0.3) is 5.69 Å². The zero-order chi connectivity index (χ0) is 16.5. The number of aromatic nitrogens is 4. The molecule has 8 heteroatoms. The van der Waals surface area contributed by atoms with Gasteiger partial charge >= 0.3 is 0 Å². The predicted molar refractivity (Wildman–Crippen MR) is 82.3 cm³/mol. The minimum Gasteiger partial charge on any atom is -0.477 e. The number of hydrogen-bond acceptors (Lipinski definition) is 5. The Morgan fingerprint density at radius 3 is 2.96 bits per heavy atom. The molecule has 7 nitrogen and oxygen atoms in total. The van der Waals surface area contributed by atoms with Gasteiger partial charge in [-0.05, 0) is 34.7 Å². The highest BCUT2D eigenvalue weighted by atomic mass is 19.1. The molecule has 0 spiro atoms. The molecule has 3 aromatic rings. The highest BCUT2D eigenvalue weighted by Gasteiger charge is 2.31. The molecule has 120 valence electrons. The molecule has 4 rings (SSSR count). The molecule has 1 aliphatic heterocycles. The lowest BCUT2D eigenvalue weighted by molar-refractivity contribution is -0.122. The number of ether oxygens (including phenoxy) is 1. The Bertz CT molecular complexity index is 897. The zero-order valence-corrected chi connectivity index (χ0v) is 12.4. The zero-order valence-electron chi connectivity index (χ0n) is 12.4. The van der Waals surface area contributed by atoms with Crippen molar-refractivity contribution in [1.29, 1.82) is 0 Å². The number of fused-ring (bicyclic) bond motifs is 1. The Morgan fingerprint density at radius 1 is 1.29 bits per heavy atom. The number of halogens is 1. The van der Waals surface area contributed by atoms with Gasteiger partial charge in [-0.3, -0.25) is 4.79 Å². The first-order valence-corrected chi connectivity index (χ1v) is 7.29. The number of anilines is 1. The van der Waals surface area contributed by atoms with Crippen molar-refractivity contribution in [2.75, 3.05) is 5.32 Å². The fourth-order valence-electron chi connectivity index (χ4n) is 2.60. The lowest BCUT2D eigenvalue weighted by Gasteiger charge is -2.12. The van der Waals surface area contributed by atoms with Crippen molar-refractivity contribution in [3.63, 3.8) is 0 Å². The van der Waals surface area contributed by atoms with E-state index in [4.69, 9.17) is 4.74 Å². The Balaban J connectivity index is 1.50. The largest absolute Gasteiger partial charge is 0.477 e. The number of para-hydroxylation sites is 1. The normalized spacial score (nSPS) is 15.6. The van der Waals surface area contributed by atoms with Crippen LogP contribution in [0.1, 0.15) is 5.56 Å². The molecule has 1 N–H and O–H groups in total. The van der Waals surface area contributed by atoms with Crippen molar-refractivity contribution >= 4 is 11.6 Å². The van der Waals surface area contributed by atoms with Crippen molar-refractivity contribution in [2.24, 2.45) is 0 Å². The molecule has 0 saturated carbocycles. The van der Waals surface area contributed by atoms with Crippen LogP contribution in [0.5, 0.6) is 5.75 Å². The van der Waals surface area contributed by atoms with E-state index in [1.54, 1.807) is 30.3 Å². The first-order valence-electron chi connectivity index (χ1n) is 7.29. The van der Waals surface area contributed by atoms with Gasteiger partial charge in [-0.25, -0.2) is 9.07 Å². The number of nitrogens with one attached hydrogen (secondary N) is 1. The highest BCUT2D eigenvalue weighted by Crippen LogP contribution is 2.31. The number of tetrazole rings is 1. The summed E-state index contributed by atoms with van der Waals surface area (Å²) in [5.74, 6) is -0.636. The van der Waals surface area contributed by atoms with E-state index in [-0.39, 0.29) is 11.7 Å². The maximum Gasteiger partial charge on any atom is 0.265 e. The second-order valence-corrected chi connectivity index (χ2v) is 5.33. The molecule has 1 unspecified atom stereocenters. The molecule has 0 aliphatic carbocycles. The number of rotatable bonds is 3. The third-order valence-electron chi connectivity index (χ3n) is 3.73. The van der Waals surface area contributed by atoms with Crippen molar-refractivity contribution in [3.05, 3.63) is 60.2 Å². The molecule has 0 radical (unpaired) electrons. The van der Waals surface area contributed by atoms with E-state index in [1.165, 1.54) is 17.1 Å². The molecule has 0 fully saturated rings. The van der Waals surface area contributed by atoms with Crippen LogP contribution in [0.2, 0.25) is 0 Å². The van der Waals surface area contributed by atoms with Crippen molar-refractivity contribution in [2.45, 2.75) is 12.5 Å². The Labute approximate surface area is 136 Å². The van der Waals surface area contributed by atoms with Crippen LogP contribution < -0.4 is 10.1 Å². The lowest BCUT2D eigenvalue weighted by atomic mass is 10.1. The maximum absolute atomic E-state index is 13.7. The molecule has 2 aromatic carbocycles. The van der Waals surface area contributed by atoms with Gasteiger partial charge in [-0.15, -0.1) is 5.10 Å². The maximum atomic E-state index is 13.7. The number of hydrogen-bond donors (Lipinski definition) is 1. The van der Waals surface area contributed by atoms with Crippen LogP contribution in [0, 0.1) is 5.82 Å². The average molecular weight is 325 g/mol. The molecule has 1 aliphatic rings.